The van der Waals surface area contributed by atoms with Crippen LogP contribution in [-0.4, -0.2) is 34.6 Å². The zero-order valence-corrected chi connectivity index (χ0v) is 18.7. The van der Waals surface area contributed by atoms with Crippen molar-refractivity contribution in [2.75, 3.05) is 0 Å². The van der Waals surface area contributed by atoms with Crippen LogP contribution in [-0.2, 0) is 27.5 Å². The first-order valence-corrected chi connectivity index (χ1v) is 11.3. The van der Waals surface area contributed by atoms with E-state index in [1.807, 2.05) is 26.0 Å². The largest absolute Gasteiger partial charge is 0.351 e. The van der Waals surface area contributed by atoms with Gasteiger partial charge < -0.3 is 10.2 Å². The number of rotatable bonds is 5. The van der Waals surface area contributed by atoms with Gasteiger partial charge in [0.25, 0.3) is 5.91 Å². The van der Waals surface area contributed by atoms with Gasteiger partial charge in [0, 0.05) is 28.2 Å². The maximum absolute atomic E-state index is 12.8. The number of carbonyl (C=O) groups is 4. The van der Waals surface area contributed by atoms with Gasteiger partial charge in [-0.3, -0.25) is 24.5 Å². The minimum absolute atomic E-state index is 0.131. The van der Waals surface area contributed by atoms with E-state index in [0.29, 0.717) is 30.1 Å². The maximum atomic E-state index is 12.8. The normalized spacial score (nSPS) is 19.3. The van der Waals surface area contributed by atoms with E-state index in [0.717, 1.165) is 21.6 Å². The van der Waals surface area contributed by atoms with E-state index >= 15 is 0 Å². The average molecular weight is 460 g/mol. The van der Waals surface area contributed by atoms with Crippen molar-refractivity contribution in [1.29, 1.82) is 0 Å². The topological polar surface area (TPSA) is 95.6 Å². The number of halogens is 1. The molecule has 162 valence electrons. The number of hydrogen-bond acceptors (Lipinski definition) is 5. The van der Waals surface area contributed by atoms with Crippen molar-refractivity contribution >= 4 is 46.6 Å². The van der Waals surface area contributed by atoms with E-state index in [1.165, 1.54) is 16.2 Å². The molecule has 9 heteroatoms. The highest BCUT2D eigenvalue weighted by Gasteiger charge is 2.40. The van der Waals surface area contributed by atoms with Crippen LogP contribution in [0.3, 0.4) is 0 Å². The molecular formula is C22H22ClN3O4S. The second kappa shape index (κ2) is 8.43. The molecule has 31 heavy (non-hydrogen) atoms. The summed E-state index contributed by atoms with van der Waals surface area (Å²) in [6, 6.07) is 4.95. The number of amides is 4. The molecule has 7 nitrogen and oxygen atoms in total. The zero-order valence-electron chi connectivity index (χ0n) is 17.2. The van der Waals surface area contributed by atoms with Crippen LogP contribution in [0.2, 0.25) is 5.02 Å². The van der Waals surface area contributed by atoms with Crippen molar-refractivity contribution in [3.8, 4) is 0 Å². The van der Waals surface area contributed by atoms with Gasteiger partial charge in [-0.15, -0.1) is 11.3 Å². The predicted octanol–water partition coefficient (Wildman–Crippen LogP) is 2.89. The van der Waals surface area contributed by atoms with Crippen LogP contribution in [0.4, 0.5) is 0 Å². The smallest absolute Gasteiger partial charge is 0.256 e. The third-order valence-electron chi connectivity index (χ3n) is 5.90. The molecule has 3 heterocycles. The van der Waals surface area contributed by atoms with Crippen LogP contribution in [0.5, 0.6) is 0 Å². The lowest BCUT2D eigenvalue weighted by atomic mass is 9.99. The highest BCUT2D eigenvalue weighted by Crippen LogP contribution is 2.34. The minimum atomic E-state index is -0.642. The molecule has 4 amide bonds. The van der Waals surface area contributed by atoms with E-state index in [-0.39, 0.29) is 30.1 Å². The van der Waals surface area contributed by atoms with Crippen molar-refractivity contribution in [1.82, 2.24) is 15.5 Å². The highest BCUT2D eigenvalue weighted by atomic mass is 35.5. The lowest BCUT2D eigenvalue weighted by Crippen LogP contribution is -2.52. The molecule has 2 N–H and O–H groups in total. The Hall–Kier alpha value is -2.71. The molecule has 1 aromatic carbocycles. The van der Waals surface area contributed by atoms with Crippen LogP contribution in [0.1, 0.15) is 57.6 Å². The molecule has 0 saturated carbocycles. The standard InChI is InChI=1S/C22H22ClN3O4S/c1-11-3-4-13(7-16(11)23)12(2)20(28)24-8-18-14-9-26(22(30)15(14)10-31-18)17-5-6-19(27)25-21(17)29/h3-4,7,10,12,17H,5-6,8-9H2,1-2H3,(H,24,28)(H,25,27,29)/t12-,17?/m0/s1. The summed E-state index contributed by atoms with van der Waals surface area (Å²) in [6.07, 6.45) is 0.545. The van der Waals surface area contributed by atoms with Crippen molar-refractivity contribution in [3.05, 3.63) is 55.7 Å². The fourth-order valence-corrected chi connectivity index (χ4v) is 5.07. The van der Waals surface area contributed by atoms with Crippen LogP contribution >= 0.6 is 22.9 Å². The van der Waals surface area contributed by atoms with Gasteiger partial charge in [-0.2, -0.15) is 0 Å². The monoisotopic (exact) mass is 459 g/mol. The predicted molar refractivity (Wildman–Crippen MR) is 117 cm³/mol. The van der Waals surface area contributed by atoms with Gasteiger partial charge in [0.05, 0.1) is 18.0 Å². The van der Waals surface area contributed by atoms with E-state index in [4.69, 9.17) is 11.6 Å². The Kier molecular flexibility index (Phi) is 5.85. The van der Waals surface area contributed by atoms with Crippen molar-refractivity contribution in [2.45, 2.75) is 51.7 Å². The van der Waals surface area contributed by atoms with E-state index in [2.05, 4.69) is 10.6 Å². The van der Waals surface area contributed by atoms with Crippen LogP contribution in [0.25, 0.3) is 0 Å². The Labute approximate surface area is 188 Å². The molecule has 0 aliphatic carbocycles. The van der Waals surface area contributed by atoms with Gasteiger partial charge in [-0.1, -0.05) is 23.7 Å². The number of piperidine rings is 1. The van der Waals surface area contributed by atoms with Crippen LogP contribution in [0, 0.1) is 6.92 Å². The summed E-state index contributed by atoms with van der Waals surface area (Å²) in [7, 11) is 0. The number of hydrogen-bond donors (Lipinski definition) is 2. The van der Waals surface area contributed by atoms with Crippen LogP contribution in [0.15, 0.2) is 23.6 Å². The van der Waals surface area contributed by atoms with Gasteiger partial charge in [0.15, 0.2) is 0 Å². The van der Waals surface area contributed by atoms with Crippen LogP contribution < -0.4 is 10.6 Å². The summed E-state index contributed by atoms with van der Waals surface area (Å²) in [5.41, 5.74) is 3.20. The first-order valence-electron chi connectivity index (χ1n) is 10.0. The molecule has 1 fully saturated rings. The Morgan fingerprint density at radius 1 is 1.35 bits per heavy atom. The number of carbonyl (C=O) groups excluding carboxylic acids is 4. The van der Waals surface area contributed by atoms with E-state index in [9.17, 15) is 19.2 Å². The number of nitrogens with one attached hydrogen (secondary N) is 2. The number of aryl methyl sites for hydroxylation is 1. The van der Waals surface area contributed by atoms with E-state index in [1.54, 1.807) is 11.4 Å². The second-order valence-corrected chi connectivity index (χ2v) is 9.27. The number of imide groups is 1. The van der Waals surface area contributed by atoms with Crippen molar-refractivity contribution in [3.63, 3.8) is 0 Å². The maximum Gasteiger partial charge on any atom is 0.256 e. The second-order valence-electron chi connectivity index (χ2n) is 7.90. The summed E-state index contributed by atoms with van der Waals surface area (Å²) in [5.74, 6) is -1.45. The lowest BCUT2D eigenvalue weighted by Gasteiger charge is -2.29. The van der Waals surface area contributed by atoms with Crippen molar-refractivity contribution < 1.29 is 19.2 Å². The molecule has 1 unspecified atom stereocenters. The van der Waals surface area contributed by atoms with Gasteiger partial charge >= 0.3 is 0 Å². The Bertz CT molecular complexity index is 1100. The Morgan fingerprint density at radius 2 is 2.13 bits per heavy atom. The number of thiophene rings is 1. The fourth-order valence-electron chi connectivity index (χ4n) is 3.90. The molecule has 0 radical (unpaired) electrons. The molecule has 2 aromatic rings. The molecule has 1 saturated heterocycles. The zero-order chi connectivity index (χ0) is 22.3. The third kappa shape index (κ3) is 4.09. The summed E-state index contributed by atoms with van der Waals surface area (Å²) in [6.45, 7) is 4.34. The summed E-state index contributed by atoms with van der Waals surface area (Å²) >= 11 is 7.60. The first kappa shape index (κ1) is 21.5. The van der Waals surface area contributed by atoms with Gasteiger partial charge in [-0.05, 0) is 43.0 Å². The molecule has 0 spiro atoms. The molecule has 2 aliphatic heterocycles. The molecular weight excluding hydrogens is 438 g/mol. The minimum Gasteiger partial charge on any atom is -0.351 e. The summed E-state index contributed by atoms with van der Waals surface area (Å²) in [5, 5.41) is 7.64. The summed E-state index contributed by atoms with van der Waals surface area (Å²) in [4.78, 5) is 51.4. The lowest BCUT2D eigenvalue weighted by molar-refractivity contribution is -0.137. The average Bonchev–Trinajstić information content (AvgIpc) is 3.28. The third-order valence-corrected chi connectivity index (χ3v) is 7.34. The van der Waals surface area contributed by atoms with Gasteiger partial charge in [-0.25, -0.2) is 0 Å². The number of fused-ring (bicyclic) bond motifs is 1. The quantitative estimate of drug-likeness (QED) is 0.672. The molecule has 4 rings (SSSR count). The summed E-state index contributed by atoms with van der Waals surface area (Å²) < 4.78 is 0. The molecule has 2 atom stereocenters. The SMILES string of the molecule is Cc1ccc([C@H](C)C(=O)NCc2scc3c2CN(C2CCC(=O)NC2=O)C3=O)cc1Cl. The molecule has 1 aromatic heterocycles. The molecule has 0 bridgehead atoms. The van der Waals surface area contributed by atoms with Gasteiger partial charge in [0.1, 0.15) is 6.04 Å². The first-order chi connectivity index (χ1) is 14.8. The molecule has 2 aliphatic rings. The van der Waals surface area contributed by atoms with E-state index < -0.39 is 11.9 Å². The number of benzene rings is 1. The fraction of sp³-hybridized carbons (Fsp3) is 0.364. The highest BCUT2D eigenvalue weighted by molar-refractivity contribution is 7.10. The Balaban J connectivity index is 1.42. The van der Waals surface area contributed by atoms with Crippen molar-refractivity contribution in [2.24, 2.45) is 0 Å². The number of nitrogens with zero attached hydrogens (tertiary/aromatic N) is 1. The van der Waals surface area contributed by atoms with Gasteiger partial charge in [0.2, 0.25) is 17.7 Å². The Morgan fingerprint density at radius 3 is 2.84 bits per heavy atom.